The van der Waals surface area contributed by atoms with Gasteiger partial charge in [-0.05, 0) is 38.5 Å². The van der Waals surface area contributed by atoms with Gasteiger partial charge in [0.05, 0.1) is 6.42 Å². The van der Waals surface area contributed by atoms with Crippen molar-refractivity contribution in [2.75, 3.05) is 13.2 Å². The molecule has 0 aliphatic rings. The van der Waals surface area contributed by atoms with Gasteiger partial charge in [0.25, 0.3) is 0 Å². The third-order valence-electron chi connectivity index (χ3n) is 5.75. The average Bonchev–Trinajstić information content (AvgIpc) is 2.82. The molecule has 0 saturated heterocycles. The van der Waals surface area contributed by atoms with Gasteiger partial charge in [0.2, 0.25) is 0 Å². The number of unbranched alkanes of at least 4 members (excludes halogenated alkanes) is 11. The molecule has 2 unspecified atom stereocenters. The molecule has 214 valence electrons. The molecule has 0 aromatic rings. The number of allylic oxidation sites excluding steroid dienone is 2. The summed E-state index contributed by atoms with van der Waals surface area (Å²) < 4.78 is 20.3. The summed E-state index contributed by atoms with van der Waals surface area (Å²) in [6.45, 7) is 5.55. The van der Waals surface area contributed by atoms with E-state index in [4.69, 9.17) is 18.9 Å². The Balaban J connectivity index is 4.09. The third-order valence-corrected chi connectivity index (χ3v) is 5.75. The first kappa shape index (κ1) is 34.6. The molecule has 0 bridgehead atoms. The summed E-state index contributed by atoms with van der Waals surface area (Å²) in [4.78, 5) is 45.9. The van der Waals surface area contributed by atoms with Crippen molar-refractivity contribution in [3.05, 3.63) is 12.2 Å². The lowest BCUT2D eigenvalue weighted by Crippen LogP contribution is -2.31. The first-order valence-corrected chi connectivity index (χ1v) is 14.0. The van der Waals surface area contributed by atoms with Crippen LogP contribution in [0.2, 0.25) is 0 Å². The first-order valence-electron chi connectivity index (χ1n) is 14.0. The molecule has 0 aliphatic heterocycles. The maximum atomic E-state index is 12.3. The van der Waals surface area contributed by atoms with Gasteiger partial charge >= 0.3 is 23.9 Å². The van der Waals surface area contributed by atoms with Crippen LogP contribution in [0.25, 0.3) is 0 Å². The van der Waals surface area contributed by atoms with E-state index in [-0.39, 0.29) is 19.6 Å². The highest BCUT2D eigenvalue weighted by Gasteiger charge is 2.21. The maximum absolute atomic E-state index is 12.3. The molecule has 0 spiro atoms. The molecular weight excluding hydrogens is 476 g/mol. The van der Waals surface area contributed by atoms with Crippen LogP contribution in [0.5, 0.6) is 0 Å². The lowest BCUT2D eigenvalue weighted by atomic mass is 10.1. The van der Waals surface area contributed by atoms with Crippen LogP contribution in [0.3, 0.4) is 0 Å². The van der Waals surface area contributed by atoms with E-state index in [1.807, 2.05) is 0 Å². The number of rotatable bonds is 23. The fraction of sp³-hybridized carbons (Fsp3) is 0.793. The fourth-order valence-electron chi connectivity index (χ4n) is 3.87. The highest BCUT2D eigenvalue weighted by atomic mass is 16.6. The van der Waals surface area contributed by atoms with Gasteiger partial charge in [0.15, 0.2) is 6.10 Å². The normalized spacial score (nSPS) is 12.6. The quantitative estimate of drug-likeness (QED) is 0.0653. The Labute approximate surface area is 223 Å². The van der Waals surface area contributed by atoms with E-state index in [9.17, 15) is 19.2 Å². The smallest absolute Gasteiger partial charge is 0.309 e. The summed E-state index contributed by atoms with van der Waals surface area (Å²) in [5, 5.41) is 0. The Morgan fingerprint density at radius 1 is 0.595 bits per heavy atom. The van der Waals surface area contributed by atoms with Crippen LogP contribution in [0.4, 0.5) is 0 Å². The monoisotopic (exact) mass is 526 g/mol. The molecule has 0 aliphatic carbocycles. The van der Waals surface area contributed by atoms with Crippen LogP contribution >= 0.6 is 0 Å². The minimum absolute atomic E-state index is 0.0849. The van der Waals surface area contributed by atoms with Crippen molar-refractivity contribution in [2.45, 2.75) is 136 Å². The van der Waals surface area contributed by atoms with Crippen molar-refractivity contribution < 1.29 is 38.1 Å². The van der Waals surface area contributed by atoms with Gasteiger partial charge < -0.3 is 18.9 Å². The van der Waals surface area contributed by atoms with Gasteiger partial charge in [-0.25, -0.2) is 0 Å². The average molecular weight is 527 g/mol. The molecule has 0 N–H and O–H groups in total. The molecule has 0 aromatic heterocycles. The highest BCUT2D eigenvalue weighted by molar-refractivity contribution is 5.71. The Morgan fingerprint density at radius 3 is 1.62 bits per heavy atom. The minimum atomic E-state index is -0.888. The van der Waals surface area contributed by atoms with Crippen LogP contribution in [-0.4, -0.2) is 49.3 Å². The molecule has 0 saturated carbocycles. The predicted octanol–water partition coefficient (Wildman–Crippen LogP) is 6.38. The van der Waals surface area contributed by atoms with E-state index in [1.165, 1.54) is 72.1 Å². The number of carbonyl (C=O) groups is 4. The maximum Gasteiger partial charge on any atom is 0.309 e. The minimum Gasteiger partial charge on any atom is -0.462 e. The number of carbonyl (C=O) groups excluding carboxylic acids is 4. The molecular formula is C29H50O8. The first-order chi connectivity index (χ1) is 17.7. The molecule has 0 fully saturated rings. The van der Waals surface area contributed by atoms with Crippen LogP contribution in [0.1, 0.15) is 124 Å². The standard InChI is InChI=1S/C29H50O8/c1-5-6-7-8-9-10-11-12-13-14-15-16-17-18-19-20-27(36-25(3)31)21-29(33)35-23-28(37-26(4)32)22-34-24(2)30/h14-15,27-28H,5-13,16-23H2,1-4H3/b15-14+. The lowest BCUT2D eigenvalue weighted by molar-refractivity contribution is -0.166. The van der Waals surface area contributed by atoms with Gasteiger partial charge in [-0.3, -0.25) is 19.2 Å². The molecule has 2 atom stereocenters. The summed E-state index contributed by atoms with van der Waals surface area (Å²) in [7, 11) is 0. The molecule has 0 rings (SSSR count). The van der Waals surface area contributed by atoms with Gasteiger partial charge in [-0.15, -0.1) is 0 Å². The summed E-state index contributed by atoms with van der Waals surface area (Å²) in [5.74, 6) is -2.13. The molecule has 0 radical (unpaired) electrons. The van der Waals surface area contributed by atoms with Crippen LogP contribution < -0.4 is 0 Å². The predicted molar refractivity (Wildman–Crippen MR) is 143 cm³/mol. The zero-order chi connectivity index (χ0) is 27.7. The van der Waals surface area contributed by atoms with Crippen molar-refractivity contribution in [1.82, 2.24) is 0 Å². The second kappa shape index (κ2) is 24.0. The van der Waals surface area contributed by atoms with Crippen LogP contribution in [0.15, 0.2) is 12.2 Å². The summed E-state index contributed by atoms with van der Waals surface area (Å²) in [5.41, 5.74) is 0. The Kier molecular flexibility index (Phi) is 22.4. The topological polar surface area (TPSA) is 105 Å². The number of hydrogen-bond acceptors (Lipinski definition) is 8. The summed E-state index contributed by atoms with van der Waals surface area (Å²) in [6.07, 6.45) is 19.3. The Bertz CT molecular complexity index is 658. The van der Waals surface area contributed by atoms with E-state index >= 15 is 0 Å². The molecule has 0 heterocycles. The van der Waals surface area contributed by atoms with Gasteiger partial charge in [0, 0.05) is 20.8 Å². The van der Waals surface area contributed by atoms with Crippen LogP contribution in [0, 0.1) is 0 Å². The van der Waals surface area contributed by atoms with E-state index in [0.717, 1.165) is 32.1 Å². The molecule has 37 heavy (non-hydrogen) atoms. The lowest BCUT2D eigenvalue weighted by Gasteiger charge is -2.19. The van der Waals surface area contributed by atoms with Gasteiger partial charge in [0.1, 0.15) is 19.3 Å². The molecule has 8 nitrogen and oxygen atoms in total. The third kappa shape index (κ3) is 25.1. The van der Waals surface area contributed by atoms with Crippen molar-refractivity contribution in [2.24, 2.45) is 0 Å². The second-order valence-corrected chi connectivity index (χ2v) is 9.53. The van der Waals surface area contributed by atoms with Gasteiger partial charge in [-0.2, -0.15) is 0 Å². The molecule has 0 aromatic carbocycles. The van der Waals surface area contributed by atoms with Crippen LogP contribution in [-0.2, 0) is 38.1 Å². The van der Waals surface area contributed by atoms with E-state index in [1.54, 1.807) is 0 Å². The number of hydrogen-bond donors (Lipinski definition) is 0. The van der Waals surface area contributed by atoms with E-state index in [0.29, 0.717) is 6.42 Å². The van der Waals surface area contributed by atoms with Crippen molar-refractivity contribution >= 4 is 23.9 Å². The van der Waals surface area contributed by atoms with Crippen molar-refractivity contribution in [3.8, 4) is 0 Å². The number of esters is 4. The number of ether oxygens (including phenoxy) is 4. The highest BCUT2D eigenvalue weighted by Crippen LogP contribution is 2.14. The van der Waals surface area contributed by atoms with E-state index < -0.39 is 36.1 Å². The molecule has 0 amide bonds. The van der Waals surface area contributed by atoms with Crippen molar-refractivity contribution in [3.63, 3.8) is 0 Å². The summed E-state index contributed by atoms with van der Waals surface area (Å²) >= 11 is 0. The largest absolute Gasteiger partial charge is 0.462 e. The fourth-order valence-corrected chi connectivity index (χ4v) is 3.87. The summed E-state index contributed by atoms with van der Waals surface area (Å²) in [6, 6.07) is 0. The Hall–Kier alpha value is -2.38. The van der Waals surface area contributed by atoms with E-state index in [2.05, 4.69) is 19.1 Å². The van der Waals surface area contributed by atoms with Crippen molar-refractivity contribution in [1.29, 1.82) is 0 Å². The van der Waals surface area contributed by atoms with Gasteiger partial charge in [-0.1, -0.05) is 70.4 Å². The SMILES string of the molecule is CCCCCCCCCC/C=C/CCCCCC(CC(=O)OCC(COC(C)=O)OC(C)=O)OC(C)=O. The zero-order valence-corrected chi connectivity index (χ0v) is 23.6. The second-order valence-electron chi connectivity index (χ2n) is 9.53. The zero-order valence-electron chi connectivity index (χ0n) is 23.6. The Morgan fingerprint density at radius 2 is 1.08 bits per heavy atom. The molecule has 8 heteroatoms.